The third kappa shape index (κ3) is 4.57. The van der Waals surface area contributed by atoms with Crippen LogP contribution in [0.5, 0.6) is 5.75 Å². The van der Waals surface area contributed by atoms with Gasteiger partial charge < -0.3 is 10.1 Å². The van der Waals surface area contributed by atoms with Gasteiger partial charge in [-0.1, -0.05) is 37.3 Å². The third-order valence-corrected chi connectivity index (χ3v) is 3.40. The first-order chi connectivity index (χ1) is 10.2. The second kappa shape index (κ2) is 7.79. The molecule has 2 nitrogen and oxygen atoms in total. The molecule has 1 N–H and O–H groups in total. The van der Waals surface area contributed by atoms with E-state index < -0.39 is 0 Å². The summed E-state index contributed by atoms with van der Waals surface area (Å²) in [6.07, 6.45) is 0.725. The number of nitrogens with one attached hydrogen (secondary N) is 1. The summed E-state index contributed by atoms with van der Waals surface area (Å²) in [6, 6.07) is 14.8. The van der Waals surface area contributed by atoms with Crippen molar-refractivity contribution >= 4 is 0 Å². The smallest absolute Gasteiger partial charge is 0.127 e. The maximum atomic E-state index is 13.9. The van der Waals surface area contributed by atoms with E-state index in [0.29, 0.717) is 12.2 Å². The van der Waals surface area contributed by atoms with Crippen molar-refractivity contribution in [1.82, 2.24) is 5.32 Å². The molecule has 1 unspecified atom stereocenters. The van der Waals surface area contributed by atoms with E-state index in [2.05, 4.69) is 5.32 Å². The predicted octanol–water partition coefficient (Wildman–Crippen LogP) is 4.25. The SMILES string of the molecule is CCNC(CCOc1cccc(C)c1)c1ccccc1F. The van der Waals surface area contributed by atoms with E-state index >= 15 is 0 Å². The zero-order chi connectivity index (χ0) is 15.1. The van der Waals surface area contributed by atoms with Crippen molar-refractivity contribution in [1.29, 1.82) is 0 Å². The average molecular weight is 287 g/mol. The molecule has 1 atom stereocenters. The summed E-state index contributed by atoms with van der Waals surface area (Å²) in [5.74, 6) is 0.692. The Labute approximate surface area is 126 Å². The fraction of sp³-hybridized carbons (Fsp3) is 0.333. The van der Waals surface area contributed by atoms with Crippen LogP contribution >= 0.6 is 0 Å². The van der Waals surface area contributed by atoms with Gasteiger partial charge >= 0.3 is 0 Å². The molecule has 112 valence electrons. The monoisotopic (exact) mass is 287 g/mol. The molecule has 2 aromatic rings. The van der Waals surface area contributed by atoms with E-state index in [0.717, 1.165) is 18.7 Å². The largest absolute Gasteiger partial charge is 0.494 e. The molecule has 0 bridgehead atoms. The molecule has 0 amide bonds. The van der Waals surface area contributed by atoms with E-state index in [1.807, 2.05) is 50.2 Å². The first-order valence-electron chi connectivity index (χ1n) is 7.38. The van der Waals surface area contributed by atoms with Gasteiger partial charge in [0.1, 0.15) is 11.6 Å². The van der Waals surface area contributed by atoms with Gasteiger partial charge in [0.25, 0.3) is 0 Å². The number of benzene rings is 2. The molecule has 0 radical (unpaired) electrons. The lowest BCUT2D eigenvalue weighted by molar-refractivity contribution is 0.285. The number of ether oxygens (including phenoxy) is 1. The van der Waals surface area contributed by atoms with Crippen LogP contribution in [0.15, 0.2) is 48.5 Å². The molecule has 0 aliphatic carbocycles. The number of halogens is 1. The highest BCUT2D eigenvalue weighted by Crippen LogP contribution is 2.21. The van der Waals surface area contributed by atoms with Crippen LogP contribution in [0.3, 0.4) is 0 Å². The van der Waals surface area contributed by atoms with Crippen LogP contribution in [0, 0.1) is 12.7 Å². The van der Waals surface area contributed by atoms with Crippen LogP contribution in [-0.2, 0) is 0 Å². The van der Waals surface area contributed by atoms with Crippen LogP contribution in [0.2, 0.25) is 0 Å². The van der Waals surface area contributed by atoms with Gasteiger partial charge in [-0.2, -0.15) is 0 Å². The van der Waals surface area contributed by atoms with Crippen molar-refractivity contribution in [2.24, 2.45) is 0 Å². The van der Waals surface area contributed by atoms with E-state index in [-0.39, 0.29) is 11.9 Å². The minimum Gasteiger partial charge on any atom is -0.494 e. The molecule has 0 aromatic heterocycles. The highest BCUT2D eigenvalue weighted by atomic mass is 19.1. The topological polar surface area (TPSA) is 21.3 Å². The lowest BCUT2D eigenvalue weighted by Crippen LogP contribution is -2.23. The van der Waals surface area contributed by atoms with E-state index in [1.165, 1.54) is 11.6 Å². The summed E-state index contributed by atoms with van der Waals surface area (Å²) < 4.78 is 19.6. The molecule has 0 aliphatic heterocycles. The molecule has 21 heavy (non-hydrogen) atoms. The van der Waals surface area contributed by atoms with Crippen LogP contribution in [-0.4, -0.2) is 13.2 Å². The second-order valence-electron chi connectivity index (χ2n) is 5.09. The molecule has 2 aromatic carbocycles. The van der Waals surface area contributed by atoms with Gasteiger partial charge in [-0.3, -0.25) is 0 Å². The van der Waals surface area contributed by atoms with Crippen molar-refractivity contribution < 1.29 is 9.13 Å². The summed E-state index contributed by atoms with van der Waals surface area (Å²) in [6.45, 7) is 5.40. The quantitative estimate of drug-likeness (QED) is 0.822. The number of hydrogen-bond donors (Lipinski definition) is 1. The summed E-state index contributed by atoms with van der Waals surface area (Å²) in [7, 11) is 0. The van der Waals surface area contributed by atoms with Gasteiger partial charge in [-0.05, 0) is 37.2 Å². The molecule has 2 rings (SSSR count). The lowest BCUT2D eigenvalue weighted by Gasteiger charge is -2.19. The van der Waals surface area contributed by atoms with Crippen molar-refractivity contribution in [3.63, 3.8) is 0 Å². The summed E-state index contributed by atoms with van der Waals surface area (Å²) in [4.78, 5) is 0. The highest BCUT2D eigenvalue weighted by Gasteiger charge is 2.14. The maximum Gasteiger partial charge on any atom is 0.127 e. The van der Waals surface area contributed by atoms with Gasteiger partial charge in [0, 0.05) is 18.0 Å². The van der Waals surface area contributed by atoms with Crippen LogP contribution in [0.25, 0.3) is 0 Å². The Morgan fingerprint density at radius 2 is 1.95 bits per heavy atom. The van der Waals surface area contributed by atoms with Crippen LogP contribution in [0.1, 0.15) is 30.5 Å². The first-order valence-corrected chi connectivity index (χ1v) is 7.38. The zero-order valence-electron chi connectivity index (χ0n) is 12.6. The van der Waals surface area contributed by atoms with Crippen molar-refractivity contribution in [2.45, 2.75) is 26.3 Å². The maximum absolute atomic E-state index is 13.9. The summed E-state index contributed by atoms with van der Waals surface area (Å²) >= 11 is 0. The molecule has 3 heteroatoms. The molecule has 0 heterocycles. The Balaban J connectivity index is 1.96. The molecular weight excluding hydrogens is 265 g/mol. The first kappa shape index (κ1) is 15.5. The van der Waals surface area contributed by atoms with Crippen molar-refractivity contribution in [3.05, 3.63) is 65.5 Å². The Morgan fingerprint density at radius 1 is 1.14 bits per heavy atom. The lowest BCUT2D eigenvalue weighted by atomic mass is 10.0. The Hall–Kier alpha value is -1.87. The van der Waals surface area contributed by atoms with Gasteiger partial charge in [0.05, 0.1) is 6.61 Å². The summed E-state index contributed by atoms with van der Waals surface area (Å²) in [5.41, 5.74) is 1.87. The second-order valence-corrected chi connectivity index (χ2v) is 5.09. The average Bonchev–Trinajstić information content (AvgIpc) is 2.47. The normalized spacial score (nSPS) is 12.1. The number of aryl methyl sites for hydroxylation is 1. The standard InChI is InChI=1S/C18H22FNO/c1-3-20-18(16-9-4-5-10-17(16)19)11-12-21-15-8-6-7-14(2)13-15/h4-10,13,18,20H,3,11-12H2,1-2H3. The molecule has 0 saturated heterocycles. The van der Waals surface area contributed by atoms with E-state index in [4.69, 9.17) is 4.74 Å². The molecule has 0 fully saturated rings. The van der Waals surface area contributed by atoms with Crippen LogP contribution in [0.4, 0.5) is 4.39 Å². The zero-order valence-corrected chi connectivity index (χ0v) is 12.6. The minimum absolute atomic E-state index is 0.0268. The van der Waals surface area contributed by atoms with Crippen molar-refractivity contribution in [3.8, 4) is 5.75 Å². The van der Waals surface area contributed by atoms with Gasteiger partial charge in [-0.25, -0.2) is 4.39 Å². The van der Waals surface area contributed by atoms with E-state index in [1.54, 1.807) is 6.07 Å². The predicted molar refractivity (Wildman–Crippen MR) is 84.1 cm³/mol. The Bertz CT molecular complexity index is 571. The number of hydrogen-bond acceptors (Lipinski definition) is 2. The van der Waals surface area contributed by atoms with Crippen LogP contribution < -0.4 is 10.1 Å². The van der Waals surface area contributed by atoms with Gasteiger partial charge in [0.15, 0.2) is 0 Å². The summed E-state index contributed by atoms with van der Waals surface area (Å²) in [5, 5.41) is 3.32. The Morgan fingerprint density at radius 3 is 2.67 bits per heavy atom. The van der Waals surface area contributed by atoms with Crippen molar-refractivity contribution in [2.75, 3.05) is 13.2 Å². The highest BCUT2D eigenvalue weighted by molar-refractivity contribution is 5.27. The fourth-order valence-corrected chi connectivity index (χ4v) is 2.37. The molecule has 0 spiro atoms. The van der Waals surface area contributed by atoms with E-state index in [9.17, 15) is 4.39 Å². The number of rotatable bonds is 7. The molecule has 0 saturated carbocycles. The fourth-order valence-electron chi connectivity index (χ4n) is 2.37. The molecular formula is C18H22FNO. The Kier molecular flexibility index (Phi) is 5.76. The third-order valence-electron chi connectivity index (χ3n) is 3.40. The van der Waals surface area contributed by atoms with Gasteiger partial charge in [-0.15, -0.1) is 0 Å². The van der Waals surface area contributed by atoms with Gasteiger partial charge in [0.2, 0.25) is 0 Å². The minimum atomic E-state index is -0.168. The molecule has 0 aliphatic rings.